The number of anilines is 2. The van der Waals surface area contributed by atoms with Gasteiger partial charge in [0.05, 0.1) is 13.2 Å². The molecule has 0 bridgehead atoms. The fourth-order valence-corrected chi connectivity index (χ4v) is 1.77. The van der Waals surface area contributed by atoms with Crippen LogP contribution >= 0.6 is 0 Å². The van der Waals surface area contributed by atoms with Gasteiger partial charge in [-0.2, -0.15) is 0 Å². The quantitative estimate of drug-likeness (QED) is 0.683. The van der Waals surface area contributed by atoms with E-state index in [1.807, 2.05) is 6.92 Å². The summed E-state index contributed by atoms with van der Waals surface area (Å²) in [6.07, 6.45) is -1.60. The molecule has 0 spiro atoms. The van der Waals surface area contributed by atoms with Crippen LogP contribution in [0.4, 0.5) is 20.4 Å². The van der Waals surface area contributed by atoms with Crippen molar-refractivity contribution >= 4 is 11.6 Å². The van der Waals surface area contributed by atoms with E-state index >= 15 is 0 Å². The van der Waals surface area contributed by atoms with Gasteiger partial charge in [-0.25, -0.2) is 18.7 Å². The molecule has 1 aromatic heterocycles. The number of halogens is 2. The molecule has 0 radical (unpaired) electrons. The first-order valence-corrected chi connectivity index (χ1v) is 6.85. The number of ether oxygens (including phenoxy) is 1. The highest BCUT2D eigenvalue weighted by atomic mass is 19.3. The Balaban J connectivity index is 3.01. The van der Waals surface area contributed by atoms with Gasteiger partial charge in [0.15, 0.2) is 5.82 Å². The lowest BCUT2D eigenvalue weighted by molar-refractivity contribution is 0.152. The average Bonchev–Trinajstić information content (AvgIpc) is 2.44. The van der Waals surface area contributed by atoms with Crippen molar-refractivity contribution in [3.8, 4) is 0 Å². The second-order valence-corrected chi connectivity index (χ2v) is 4.45. The van der Waals surface area contributed by atoms with Crippen LogP contribution in [0.15, 0.2) is 6.07 Å². The minimum Gasteiger partial charge on any atom is -0.395 e. The third-order valence-corrected chi connectivity index (χ3v) is 2.64. The van der Waals surface area contributed by atoms with E-state index in [1.165, 1.54) is 12.0 Å². The van der Waals surface area contributed by atoms with Gasteiger partial charge in [-0.3, -0.25) is 0 Å². The Kier molecular flexibility index (Phi) is 7.84. The molecule has 0 fully saturated rings. The van der Waals surface area contributed by atoms with Crippen LogP contribution in [0.3, 0.4) is 0 Å². The maximum atomic E-state index is 12.6. The van der Waals surface area contributed by atoms with Crippen LogP contribution in [0.2, 0.25) is 0 Å². The molecule has 0 aromatic carbocycles. The highest BCUT2D eigenvalue weighted by Crippen LogP contribution is 2.17. The highest BCUT2D eigenvalue weighted by Gasteiger charge is 2.16. The molecule has 0 aliphatic rings. The Morgan fingerprint density at radius 2 is 2.19 bits per heavy atom. The lowest BCUT2D eigenvalue weighted by Gasteiger charge is -2.23. The van der Waals surface area contributed by atoms with Gasteiger partial charge in [0.2, 0.25) is 0 Å². The zero-order chi connectivity index (χ0) is 15.7. The van der Waals surface area contributed by atoms with Crippen molar-refractivity contribution < 1.29 is 18.6 Å². The molecule has 6 nitrogen and oxygen atoms in total. The maximum Gasteiger partial charge on any atom is 0.255 e. The molecule has 1 heterocycles. The van der Waals surface area contributed by atoms with Gasteiger partial charge < -0.3 is 20.1 Å². The molecule has 1 rings (SSSR count). The van der Waals surface area contributed by atoms with Gasteiger partial charge in [0.25, 0.3) is 6.43 Å². The molecule has 0 saturated heterocycles. The number of alkyl halides is 2. The van der Waals surface area contributed by atoms with E-state index in [4.69, 9.17) is 9.84 Å². The van der Waals surface area contributed by atoms with Crippen molar-refractivity contribution in [1.29, 1.82) is 0 Å². The van der Waals surface area contributed by atoms with Gasteiger partial charge in [0, 0.05) is 26.3 Å². The van der Waals surface area contributed by atoms with Crippen LogP contribution in [0.1, 0.15) is 19.2 Å². The monoisotopic (exact) mass is 304 g/mol. The Bertz CT molecular complexity index is 421. The number of hydrogen-bond donors (Lipinski definition) is 2. The fraction of sp³-hybridized carbons (Fsp3) is 0.692. The van der Waals surface area contributed by atoms with Crippen LogP contribution in [0.25, 0.3) is 0 Å². The largest absolute Gasteiger partial charge is 0.395 e. The van der Waals surface area contributed by atoms with Crippen molar-refractivity contribution in [2.75, 3.05) is 43.6 Å². The molecule has 1 aromatic rings. The molecule has 0 saturated carbocycles. The molecule has 0 unspecified atom stereocenters. The van der Waals surface area contributed by atoms with Gasteiger partial charge in [-0.05, 0) is 6.42 Å². The van der Waals surface area contributed by atoms with E-state index in [9.17, 15) is 8.78 Å². The second-order valence-electron chi connectivity index (χ2n) is 4.45. The number of rotatable bonds is 10. The molecule has 0 atom stereocenters. The fourth-order valence-electron chi connectivity index (χ4n) is 1.77. The summed E-state index contributed by atoms with van der Waals surface area (Å²) < 4.78 is 30.3. The molecule has 0 aliphatic heterocycles. The molecule has 2 N–H and O–H groups in total. The Morgan fingerprint density at radius 1 is 1.43 bits per heavy atom. The van der Waals surface area contributed by atoms with E-state index in [-0.39, 0.29) is 19.8 Å². The number of aliphatic hydroxyl groups excluding tert-OH is 1. The van der Waals surface area contributed by atoms with E-state index < -0.39 is 13.0 Å². The molecule has 0 aliphatic carbocycles. The number of hydrogen-bond acceptors (Lipinski definition) is 6. The van der Waals surface area contributed by atoms with E-state index in [1.54, 1.807) is 6.07 Å². The zero-order valence-corrected chi connectivity index (χ0v) is 12.4. The number of aliphatic hydroxyl groups is 1. The summed E-state index contributed by atoms with van der Waals surface area (Å²) in [4.78, 5) is 9.80. The molecule has 120 valence electrons. The van der Waals surface area contributed by atoms with Crippen molar-refractivity contribution in [3.05, 3.63) is 11.9 Å². The normalized spacial score (nSPS) is 11.0. The van der Waals surface area contributed by atoms with Crippen LogP contribution in [0.5, 0.6) is 0 Å². The summed E-state index contributed by atoms with van der Waals surface area (Å²) >= 11 is 0. The van der Waals surface area contributed by atoms with Gasteiger partial charge >= 0.3 is 0 Å². The Morgan fingerprint density at radius 3 is 2.76 bits per heavy atom. The highest BCUT2D eigenvalue weighted by molar-refractivity contribution is 5.49. The van der Waals surface area contributed by atoms with Crippen LogP contribution in [-0.2, 0) is 11.3 Å². The Hall–Kier alpha value is -1.54. The number of methoxy groups -OCH3 is 1. The van der Waals surface area contributed by atoms with Crippen LogP contribution < -0.4 is 10.2 Å². The van der Waals surface area contributed by atoms with Crippen LogP contribution in [0, 0.1) is 0 Å². The third-order valence-electron chi connectivity index (χ3n) is 2.64. The minimum absolute atomic E-state index is 0.0843. The second kappa shape index (κ2) is 9.41. The summed E-state index contributed by atoms with van der Waals surface area (Å²) in [7, 11) is 1.51. The first kappa shape index (κ1) is 17.5. The smallest absolute Gasteiger partial charge is 0.255 e. The van der Waals surface area contributed by atoms with Gasteiger partial charge in [-0.15, -0.1) is 0 Å². The topological polar surface area (TPSA) is 70.5 Å². The average molecular weight is 304 g/mol. The molecule has 8 heteroatoms. The lowest BCUT2D eigenvalue weighted by atomic mass is 10.4. The summed E-state index contributed by atoms with van der Waals surface area (Å²) in [6.45, 7) is 2.29. The minimum atomic E-state index is -2.51. The number of aromatic nitrogens is 2. The third kappa shape index (κ3) is 6.17. The first-order chi connectivity index (χ1) is 10.1. The summed E-state index contributed by atoms with van der Waals surface area (Å²) in [5, 5.41) is 12.1. The predicted molar refractivity (Wildman–Crippen MR) is 76.8 cm³/mol. The van der Waals surface area contributed by atoms with Gasteiger partial charge in [0.1, 0.15) is 18.2 Å². The van der Waals surface area contributed by atoms with Gasteiger partial charge in [-0.1, -0.05) is 6.92 Å². The number of nitrogens with zero attached hydrogens (tertiary/aromatic N) is 3. The molecule has 21 heavy (non-hydrogen) atoms. The van der Waals surface area contributed by atoms with E-state index in [2.05, 4.69) is 15.3 Å². The van der Waals surface area contributed by atoms with Crippen molar-refractivity contribution in [3.63, 3.8) is 0 Å². The standard InChI is InChI=1S/C13H22F2N4O2/c1-3-4-16-11-7-13(18-12(17-11)9-21-2)19(5-6-20)8-10(14)15/h7,10,20H,3-6,8-9H2,1-2H3,(H,16,17,18). The number of nitrogens with one attached hydrogen (secondary N) is 1. The SMILES string of the molecule is CCCNc1cc(N(CCO)CC(F)F)nc(COC)n1. The predicted octanol–water partition coefficient (Wildman–Crippen LogP) is 1.51. The van der Waals surface area contributed by atoms with Crippen LogP contribution in [-0.4, -0.2) is 54.9 Å². The Labute approximate surface area is 123 Å². The first-order valence-electron chi connectivity index (χ1n) is 6.85. The molecular formula is C13H22F2N4O2. The summed E-state index contributed by atoms with van der Waals surface area (Å²) in [5.74, 6) is 1.32. The maximum absolute atomic E-state index is 12.6. The molecule has 0 amide bonds. The summed E-state index contributed by atoms with van der Waals surface area (Å²) in [6, 6.07) is 1.60. The van der Waals surface area contributed by atoms with E-state index in [0.29, 0.717) is 17.5 Å². The summed E-state index contributed by atoms with van der Waals surface area (Å²) in [5.41, 5.74) is 0. The van der Waals surface area contributed by atoms with Crippen molar-refractivity contribution in [1.82, 2.24) is 9.97 Å². The zero-order valence-electron chi connectivity index (χ0n) is 12.4. The lowest BCUT2D eigenvalue weighted by Crippen LogP contribution is -2.32. The van der Waals surface area contributed by atoms with Crippen molar-refractivity contribution in [2.24, 2.45) is 0 Å². The van der Waals surface area contributed by atoms with E-state index in [0.717, 1.165) is 13.0 Å². The molecular weight excluding hydrogens is 282 g/mol. The van der Waals surface area contributed by atoms with Crippen molar-refractivity contribution in [2.45, 2.75) is 26.4 Å².